The van der Waals surface area contributed by atoms with Gasteiger partial charge >= 0.3 is 0 Å². The zero-order valence-corrected chi connectivity index (χ0v) is 15.4. The number of nitrogens with one attached hydrogen (secondary N) is 1. The van der Waals surface area contributed by atoms with Gasteiger partial charge in [0.2, 0.25) is 0 Å². The van der Waals surface area contributed by atoms with Crippen LogP contribution in [0, 0.1) is 0 Å². The van der Waals surface area contributed by atoms with Crippen molar-refractivity contribution in [1.29, 1.82) is 0 Å². The highest BCUT2D eigenvalue weighted by molar-refractivity contribution is 7.15. The SMILES string of the molecule is CCNCc1sc(N(C)CCOC(C)C)nc1C(C)(C)C. The molecule has 0 saturated heterocycles. The van der Waals surface area contributed by atoms with Crippen molar-refractivity contribution in [2.75, 3.05) is 31.6 Å². The molecule has 21 heavy (non-hydrogen) atoms. The lowest BCUT2D eigenvalue weighted by atomic mass is 9.91. The lowest BCUT2D eigenvalue weighted by molar-refractivity contribution is 0.0846. The van der Waals surface area contributed by atoms with Crippen LogP contribution in [0.5, 0.6) is 0 Å². The Hall–Kier alpha value is -0.650. The van der Waals surface area contributed by atoms with E-state index in [2.05, 4.69) is 58.8 Å². The molecule has 1 rings (SSSR count). The second-order valence-corrected chi connectivity index (χ2v) is 7.70. The first-order valence-corrected chi connectivity index (χ1v) is 8.61. The molecule has 1 aromatic rings. The minimum absolute atomic E-state index is 0.0782. The van der Waals surface area contributed by atoms with Crippen LogP contribution in [0.25, 0.3) is 0 Å². The van der Waals surface area contributed by atoms with Crippen molar-refractivity contribution in [3.8, 4) is 0 Å². The zero-order chi connectivity index (χ0) is 16.0. The Morgan fingerprint density at radius 3 is 2.52 bits per heavy atom. The van der Waals surface area contributed by atoms with Gasteiger partial charge in [-0.25, -0.2) is 4.98 Å². The largest absolute Gasteiger partial charge is 0.377 e. The maximum absolute atomic E-state index is 5.63. The molecule has 0 fully saturated rings. The number of thiazole rings is 1. The molecule has 0 saturated carbocycles. The highest BCUT2D eigenvalue weighted by atomic mass is 32.1. The first-order valence-electron chi connectivity index (χ1n) is 7.79. The van der Waals surface area contributed by atoms with E-state index in [1.54, 1.807) is 11.3 Å². The standard InChI is InChI=1S/C16H31N3OS/c1-8-17-11-13-14(16(4,5)6)18-15(21-13)19(7)9-10-20-12(2)3/h12,17H,8-11H2,1-7H3. The quantitative estimate of drug-likeness (QED) is 0.798. The van der Waals surface area contributed by atoms with Gasteiger partial charge in [0.15, 0.2) is 5.13 Å². The minimum atomic E-state index is 0.0782. The van der Waals surface area contributed by atoms with Crippen molar-refractivity contribution in [1.82, 2.24) is 10.3 Å². The van der Waals surface area contributed by atoms with Gasteiger partial charge in [-0.3, -0.25) is 0 Å². The van der Waals surface area contributed by atoms with E-state index in [9.17, 15) is 0 Å². The summed E-state index contributed by atoms with van der Waals surface area (Å²) in [7, 11) is 2.09. The fourth-order valence-corrected chi connectivity index (χ4v) is 3.20. The summed E-state index contributed by atoms with van der Waals surface area (Å²) in [5.41, 5.74) is 1.29. The van der Waals surface area contributed by atoms with Gasteiger partial charge in [0.25, 0.3) is 0 Å². The van der Waals surface area contributed by atoms with E-state index in [4.69, 9.17) is 9.72 Å². The van der Waals surface area contributed by atoms with Crippen molar-refractivity contribution in [3.05, 3.63) is 10.6 Å². The van der Waals surface area contributed by atoms with E-state index < -0.39 is 0 Å². The van der Waals surface area contributed by atoms with Crippen molar-refractivity contribution in [2.45, 2.75) is 59.6 Å². The van der Waals surface area contributed by atoms with Crippen LogP contribution in [-0.2, 0) is 16.7 Å². The lowest BCUT2D eigenvalue weighted by Gasteiger charge is -2.18. The molecule has 0 atom stereocenters. The molecule has 0 aliphatic carbocycles. The Labute approximate surface area is 133 Å². The van der Waals surface area contributed by atoms with E-state index in [-0.39, 0.29) is 11.5 Å². The Kier molecular flexibility index (Phi) is 7.10. The van der Waals surface area contributed by atoms with Gasteiger partial charge in [-0.2, -0.15) is 0 Å². The third-order valence-electron chi connectivity index (χ3n) is 3.14. The molecule has 5 heteroatoms. The topological polar surface area (TPSA) is 37.4 Å². The van der Waals surface area contributed by atoms with Gasteiger partial charge in [0.05, 0.1) is 18.4 Å². The van der Waals surface area contributed by atoms with E-state index in [0.29, 0.717) is 0 Å². The molecule has 0 aliphatic heterocycles. The lowest BCUT2D eigenvalue weighted by Crippen LogP contribution is -2.24. The van der Waals surface area contributed by atoms with Crippen LogP contribution in [0.1, 0.15) is 52.1 Å². The van der Waals surface area contributed by atoms with E-state index in [1.165, 1.54) is 10.6 Å². The number of nitrogens with zero attached hydrogens (tertiary/aromatic N) is 2. The number of likely N-dealkylation sites (N-methyl/N-ethyl adjacent to an activating group) is 1. The van der Waals surface area contributed by atoms with Crippen molar-refractivity contribution >= 4 is 16.5 Å². The highest BCUT2D eigenvalue weighted by Gasteiger charge is 2.24. The molecule has 1 N–H and O–H groups in total. The third kappa shape index (κ3) is 5.93. The van der Waals surface area contributed by atoms with Gasteiger partial charge in [0, 0.05) is 30.4 Å². The third-order valence-corrected chi connectivity index (χ3v) is 4.31. The molecular formula is C16H31N3OS. The van der Waals surface area contributed by atoms with Crippen LogP contribution in [0.2, 0.25) is 0 Å². The average molecular weight is 314 g/mol. The van der Waals surface area contributed by atoms with Gasteiger partial charge in [0.1, 0.15) is 0 Å². The molecular weight excluding hydrogens is 282 g/mol. The van der Waals surface area contributed by atoms with Gasteiger partial charge in [-0.05, 0) is 20.4 Å². The normalized spacial score (nSPS) is 12.2. The molecule has 0 radical (unpaired) electrons. The number of hydrogen-bond donors (Lipinski definition) is 1. The predicted molar refractivity (Wildman–Crippen MR) is 92.6 cm³/mol. The highest BCUT2D eigenvalue weighted by Crippen LogP contribution is 2.33. The van der Waals surface area contributed by atoms with Gasteiger partial charge in [-0.15, -0.1) is 11.3 Å². The Morgan fingerprint density at radius 1 is 1.33 bits per heavy atom. The molecule has 0 unspecified atom stereocenters. The average Bonchev–Trinajstić information content (AvgIpc) is 2.79. The first kappa shape index (κ1) is 18.4. The summed E-state index contributed by atoms with van der Waals surface area (Å²) in [6.45, 7) is 16.4. The summed E-state index contributed by atoms with van der Waals surface area (Å²) >= 11 is 1.79. The second kappa shape index (κ2) is 8.11. The number of hydrogen-bond acceptors (Lipinski definition) is 5. The summed E-state index contributed by atoms with van der Waals surface area (Å²) in [5.74, 6) is 0. The number of ether oxygens (including phenoxy) is 1. The maximum atomic E-state index is 5.63. The van der Waals surface area contributed by atoms with E-state index in [1.807, 2.05) is 0 Å². The number of anilines is 1. The molecule has 122 valence electrons. The molecule has 0 amide bonds. The maximum Gasteiger partial charge on any atom is 0.185 e. The van der Waals surface area contributed by atoms with Crippen LogP contribution in [0.15, 0.2) is 0 Å². The van der Waals surface area contributed by atoms with Crippen LogP contribution < -0.4 is 10.2 Å². The van der Waals surface area contributed by atoms with Gasteiger partial charge in [-0.1, -0.05) is 27.7 Å². The molecule has 0 aliphatic rings. The van der Waals surface area contributed by atoms with Crippen molar-refractivity contribution in [3.63, 3.8) is 0 Å². The van der Waals surface area contributed by atoms with E-state index in [0.717, 1.165) is 31.4 Å². The van der Waals surface area contributed by atoms with Crippen molar-refractivity contribution < 1.29 is 4.74 Å². The Balaban J connectivity index is 2.80. The monoisotopic (exact) mass is 313 g/mol. The number of rotatable bonds is 8. The molecule has 1 heterocycles. The predicted octanol–water partition coefficient (Wildman–Crippen LogP) is 3.41. The zero-order valence-electron chi connectivity index (χ0n) is 14.6. The molecule has 1 aromatic heterocycles. The van der Waals surface area contributed by atoms with Crippen LogP contribution >= 0.6 is 11.3 Å². The Bertz CT molecular complexity index is 424. The summed E-state index contributed by atoms with van der Waals surface area (Å²) in [4.78, 5) is 8.42. The molecule has 4 nitrogen and oxygen atoms in total. The Morgan fingerprint density at radius 2 is 2.00 bits per heavy atom. The van der Waals surface area contributed by atoms with Crippen LogP contribution in [0.3, 0.4) is 0 Å². The smallest absolute Gasteiger partial charge is 0.185 e. The molecule has 0 spiro atoms. The van der Waals surface area contributed by atoms with E-state index >= 15 is 0 Å². The fraction of sp³-hybridized carbons (Fsp3) is 0.812. The minimum Gasteiger partial charge on any atom is -0.377 e. The summed E-state index contributed by atoms with van der Waals surface area (Å²) in [5, 5.41) is 4.50. The summed E-state index contributed by atoms with van der Waals surface area (Å²) < 4.78 is 5.63. The summed E-state index contributed by atoms with van der Waals surface area (Å²) in [6, 6.07) is 0. The molecule has 0 aromatic carbocycles. The van der Waals surface area contributed by atoms with Crippen molar-refractivity contribution in [2.24, 2.45) is 0 Å². The second-order valence-electron chi connectivity index (χ2n) is 6.64. The summed E-state index contributed by atoms with van der Waals surface area (Å²) in [6.07, 6.45) is 0.282. The van der Waals surface area contributed by atoms with Gasteiger partial charge < -0.3 is 15.0 Å². The van der Waals surface area contributed by atoms with Crippen LogP contribution in [0.4, 0.5) is 5.13 Å². The van der Waals surface area contributed by atoms with Crippen LogP contribution in [-0.4, -0.2) is 37.8 Å². The fourth-order valence-electron chi connectivity index (χ4n) is 1.97. The molecule has 0 bridgehead atoms. The number of aromatic nitrogens is 1. The first-order chi connectivity index (χ1) is 9.75.